The summed E-state index contributed by atoms with van der Waals surface area (Å²) in [5.74, 6) is 0.978. The van der Waals surface area contributed by atoms with Gasteiger partial charge in [0.25, 0.3) is 0 Å². The number of hydrogen-bond acceptors (Lipinski definition) is 1. The Labute approximate surface area is 69.1 Å². The van der Waals surface area contributed by atoms with E-state index in [0.29, 0.717) is 0 Å². The number of nitrogens with zero attached hydrogens (tertiary/aromatic N) is 1. The molecule has 1 saturated carbocycles. The number of allylic oxidation sites excluding steroid dienone is 1. The quantitative estimate of drug-likeness (QED) is 0.554. The maximum Gasteiger partial charge on any atom is 0.0315 e. The van der Waals surface area contributed by atoms with Crippen molar-refractivity contribution in [2.75, 3.05) is 6.54 Å². The molecular formula is C10H16N. The van der Waals surface area contributed by atoms with Crippen LogP contribution in [0.5, 0.6) is 0 Å². The van der Waals surface area contributed by atoms with Crippen molar-refractivity contribution in [1.29, 1.82) is 0 Å². The molecule has 0 aromatic carbocycles. The highest BCUT2D eigenvalue weighted by atomic mass is 15.2. The molecular weight excluding hydrogens is 134 g/mol. The van der Waals surface area contributed by atoms with E-state index in [9.17, 15) is 0 Å². The van der Waals surface area contributed by atoms with Crippen LogP contribution in [0.1, 0.15) is 26.2 Å². The molecule has 1 heteroatoms. The largest absolute Gasteiger partial charge is 0.374 e. The van der Waals surface area contributed by atoms with Gasteiger partial charge in [-0.05, 0) is 44.7 Å². The van der Waals surface area contributed by atoms with Gasteiger partial charge in [0.05, 0.1) is 0 Å². The molecule has 1 aliphatic heterocycles. The number of hydrogen-bond donors (Lipinski definition) is 0. The van der Waals surface area contributed by atoms with Gasteiger partial charge in [0.1, 0.15) is 0 Å². The van der Waals surface area contributed by atoms with E-state index < -0.39 is 0 Å². The smallest absolute Gasteiger partial charge is 0.0315 e. The van der Waals surface area contributed by atoms with Gasteiger partial charge in [-0.1, -0.05) is 6.08 Å². The van der Waals surface area contributed by atoms with E-state index in [2.05, 4.69) is 30.5 Å². The van der Waals surface area contributed by atoms with Crippen molar-refractivity contribution in [3.8, 4) is 0 Å². The van der Waals surface area contributed by atoms with Crippen molar-refractivity contribution in [1.82, 2.24) is 4.90 Å². The first kappa shape index (κ1) is 7.20. The maximum atomic E-state index is 2.51. The maximum absolute atomic E-state index is 2.51. The highest BCUT2D eigenvalue weighted by molar-refractivity contribution is 5.02. The molecule has 0 spiro atoms. The van der Waals surface area contributed by atoms with E-state index in [1.54, 1.807) is 0 Å². The van der Waals surface area contributed by atoms with Crippen molar-refractivity contribution >= 4 is 0 Å². The molecule has 1 aliphatic carbocycles. The molecule has 2 atom stereocenters. The predicted octanol–water partition coefficient (Wildman–Crippen LogP) is 2.21. The number of likely N-dealkylation sites (tertiary alicyclic amines) is 1. The third-order valence-corrected chi connectivity index (χ3v) is 2.95. The fourth-order valence-corrected chi connectivity index (χ4v) is 2.40. The minimum absolute atomic E-state index is 0.853. The first-order valence-corrected chi connectivity index (χ1v) is 4.62. The molecule has 2 fully saturated rings. The molecule has 2 aliphatic rings. The molecule has 0 aromatic heterocycles. The van der Waals surface area contributed by atoms with Gasteiger partial charge in [-0.2, -0.15) is 0 Å². The average molecular weight is 150 g/mol. The summed E-state index contributed by atoms with van der Waals surface area (Å²) >= 11 is 0. The molecule has 0 bridgehead atoms. The molecule has 1 heterocycles. The molecule has 1 radical (unpaired) electrons. The molecule has 2 unspecified atom stereocenters. The Balaban J connectivity index is 2.03. The minimum atomic E-state index is 0.853. The van der Waals surface area contributed by atoms with E-state index in [1.165, 1.54) is 25.8 Å². The Morgan fingerprint density at radius 2 is 2.36 bits per heavy atom. The summed E-state index contributed by atoms with van der Waals surface area (Å²) in [6.07, 6.45) is 10.9. The highest BCUT2D eigenvalue weighted by Crippen LogP contribution is 2.37. The van der Waals surface area contributed by atoms with Crippen LogP contribution < -0.4 is 0 Å². The summed E-state index contributed by atoms with van der Waals surface area (Å²) in [6.45, 7) is 3.39. The monoisotopic (exact) mass is 150 g/mol. The molecule has 11 heavy (non-hydrogen) atoms. The lowest BCUT2D eigenvalue weighted by molar-refractivity contribution is 0.332. The zero-order chi connectivity index (χ0) is 7.68. The normalized spacial score (nSPS) is 37.0. The van der Waals surface area contributed by atoms with Crippen LogP contribution in [0.4, 0.5) is 0 Å². The zero-order valence-electron chi connectivity index (χ0n) is 7.16. The van der Waals surface area contributed by atoms with Crippen LogP contribution in [-0.4, -0.2) is 17.5 Å². The highest BCUT2D eigenvalue weighted by Gasteiger charge is 2.35. The van der Waals surface area contributed by atoms with E-state index in [4.69, 9.17) is 0 Å². The molecule has 61 valence electrons. The molecule has 0 amide bonds. The van der Waals surface area contributed by atoms with Gasteiger partial charge >= 0.3 is 0 Å². The van der Waals surface area contributed by atoms with Crippen molar-refractivity contribution < 1.29 is 0 Å². The van der Waals surface area contributed by atoms with Gasteiger partial charge in [0.2, 0.25) is 0 Å². The molecule has 2 rings (SSSR count). The van der Waals surface area contributed by atoms with Crippen LogP contribution in [0.3, 0.4) is 0 Å². The Bertz CT molecular complexity index is 162. The van der Waals surface area contributed by atoms with E-state index in [-0.39, 0.29) is 0 Å². The lowest BCUT2D eigenvalue weighted by Crippen LogP contribution is -2.24. The van der Waals surface area contributed by atoms with E-state index in [1.807, 2.05) is 0 Å². The van der Waals surface area contributed by atoms with Gasteiger partial charge in [-0.15, -0.1) is 0 Å². The standard InChI is InChI=1S/C10H16N/c1-2-7-11-8-6-9-4-3-5-10(9)11/h2-3,7,9-10H,4-6,8H2,1H3. The predicted molar refractivity (Wildman–Crippen MR) is 46.9 cm³/mol. The summed E-state index contributed by atoms with van der Waals surface area (Å²) in [6, 6.07) is 0.853. The lowest BCUT2D eigenvalue weighted by atomic mass is 10.1. The van der Waals surface area contributed by atoms with Crippen LogP contribution in [0.2, 0.25) is 0 Å². The number of fused-ring (bicyclic) bond motifs is 1. The van der Waals surface area contributed by atoms with Gasteiger partial charge < -0.3 is 4.90 Å². The fourth-order valence-electron chi connectivity index (χ4n) is 2.40. The van der Waals surface area contributed by atoms with E-state index >= 15 is 0 Å². The minimum Gasteiger partial charge on any atom is -0.374 e. The second-order valence-corrected chi connectivity index (χ2v) is 3.60. The Hall–Kier alpha value is -0.460. The first-order valence-electron chi connectivity index (χ1n) is 4.62. The van der Waals surface area contributed by atoms with Crippen molar-refractivity contribution in [3.05, 3.63) is 18.7 Å². The second-order valence-electron chi connectivity index (χ2n) is 3.60. The molecule has 0 aromatic rings. The van der Waals surface area contributed by atoms with Gasteiger partial charge in [-0.3, -0.25) is 0 Å². The van der Waals surface area contributed by atoms with Crippen LogP contribution in [0, 0.1) is 12.3 Å². The summed E-state index contributed by atoms with van der Waals surface area (Å²) in [5, 5.41) is 0. The molecule has 1 nitrogen and oxygen atoms in total. The Morgan fingerprint density at radius 1 is 1.45 bits per heavy atom. The molecule has 1 saturated heterocycles. The van der Waals surface area contributed by atoms with Crippen LogP contribution in [0.15, 0.2) is 12.3 Å². The van der Waals surface area contributed by atoms with Gasteiger partial charge in [0, 0.05) is 12.6 Å². The van der Waals surface area contributed by atoms with Crippen molar-refractivity contribution in [2.45, 2.75) is 32.2 Å². The van der Waals surface area contributed by atoms with Crippen LogP contribution >= 0.6 is 0 Å². The Morgan fingerprint density at radius 3 is 3.18 bits per heavy atom. The molecule has 0 N–H and O–H groups in total. The lowest BCUT2D eigenvalue weighted by Gasteiger charge is -2.21. The summed E-state index contributed by atoms with van der Waals surface area (Å²) < 4.78 is 0. The number of rotatable bonds is 1. The van der Waals surface area contributed by atoms with Crippen molar-refractivity contribution in [2.24, 2.45) is 5.92 Å². The third kappa shape index (κ3) is 1.17. The van der Waals surface area contributed by atoms with Crippen LogP contribution in [-0.2, 0) is 0 Å². The van der Waals surface area contributed by atoms with Crippen LogP contribution in [0.25, 0.3) is 0 Å². The third-order valence-electron chi connectivity index (χ3n) is 2.95. The SMILES string of the molecule is CC=CN1CCC2C[CH]CC21. The average Bonchev–Trinajstić information content (AvgIpc) is 2.53. The summed E-state index contributed by atoms with van der Waals surface area (Å²) in [4.78, 5) is 2.51. The van der Waals surface area contributed by atoms with Gasteiger partial charge in [-0.25, -0.2) is 0 Å². The topological polar surface area (TPSA) is 3.24 Å². The first-order chi connectivity index (χ1) is 5.42. The summed E-state index contributed by atoms with van der Waals surface area (Å²) in [5.41, 5.74) is 0. The second kappa shape index (κ2) is 2.88. The fraction of sp³-hybridized carbons (Fsp3) is 0.700. The van der Waals surface area contributed by atoms with Crippen molar-refractivity contribution in [3.63, 3.8) is 0 Å². The van der Waals surface area contributed by atoms with E-state index in [0.717, 1.165) is 12.0 Å². The zero-order valence-corrected chi connectivity index (χ0v) is 7.16. The van der Waals surface area contributed by atoms with Gasteiger partial charge in [0.15, 0.2) is 0 Å². The summed E-state index contributed by atoms with van der Waals surface area (Å²) in [7, 11) is 0. The Kier molecular flexibility index (Phi) is 1.89.